The summed E-state index contributed by atoms with van der Waals surface area (Å²) in [7, 11) is 0. The van der Waals surface area contributed by atoms with Crippen molar-refractivity contribution in [3.8, 4) is 0 Å². The molecule has 2 fully saturated rings. The van der Waals surface area contributed by atoms with Crippen molar-refractivity contribution in [3.63, 3.8) is 0 Å². The van der Waals surface area contributed by atoms with Crippen molar-refractivity contribution in [1.82, 2.24) is 10.2 Å². The molecule has 118 valence electrons. The van der Waals surface area contributed by atoms with Gasteiger partial charge in [0.1, 0.15) is 0 Å². The van der Waals surface area contributed by atoms with E-state index in [-0.39, 0.29) is 0 Å². The molecule has 1 saturated heterocycles. The van der Waals surface area contributed by atoms with Gasteiger partial charge in [0, 0.05) is 24.7 Å². The lowest BCUT2D eigenvalue weighted by Crippen LogP contribution is -2.64. The molecule has 0 amide bonds. The van der Waals surface area contributed by atoms with Crippen molar-refractivity contribution in [2.24, 2.45) is 11.8 Å². The fourth-order valence-corrected chi connectivity index (χ4v) is 4.25. The standard InChI is InChI=1S/C17H34N2S/c1-5-20-10-6-9-19-13-17(4,15-7-8-15)18-12-16(19)11-14(2)3/h14-16,18H,5-13H2,1-4H3. The fraction of sp³-hybridized carbons (Fsp3) is 1.00. The number of thioether (sulfide) groups is 1. The zero-order valence-corrected chi connectivity index (χ0v) is 14.8. The van der Waals surface area contributed by atoms with Crippen LogP contribution in [0, 0.1) is 11.8 Å². The minimum Gasteiger partial charge on any atom is -0.308 e. The lowest BCUT2D eigenvalue weighted by molar-refractivity contribution is 0.0648. The van der Waals surface area contributed by atoms with Crippen molar-refractivity contribution in [2.45, 2.75) is 65.0 Å². The molecule has 1 aliphatic carbocycles. The second kappa shape index (κ2) is 7.51. The molecule has 0 bridgehead atoms. The summed E-state index contributed by atoms with van der Waals surface area (Å²) >= 11 is 2.09. The smallest absolute Gasteiger partial charge is 0.0309 e. The Bertz CT molecular complexity index is 291. The predicted molar refractivity (Wildman–Crippen MR) is 91.6 cm³/mol. The Morgan fingerprint density at radius 2 is 2.10 bits per heavy atom. The van der Waals surface area contributed by atoms with Gasteiger partial charge in [0.2, 0.25) is 0 Å². The van der Waals surface area contributed by atoms with E-state index < -0.39 is 0 Å². The van der Waals surface area contributed by atoms with Crippen molar-refractivity contribution < 1.29 is 0 Å². The predicted octanol–water partition coefficient (Wildman–Crippen LogP) is 3.62. The Labute approximate surface area is 130 Å². The second-order valence-electron chi connectivity index (χ2n) is 7.38. The van der Waals surface area contributed by atoms with Crippen LogP contribution < -0.4 is 5.32 Å². The summed E-state index contributed by atoms with van der Waals surface area (Å²) in [6, 6.07) is 0.758. The molecule has 1 N–H and O–H groups in total. The third-order valence-electron chi connectivity index (χ3n) is 4.95. The number of hydrogen-bond donors (Lipinski definition) is 1. The molecule has 2 nitrogen and oxygen atoms in total. The molecular formula is C17H34N2S. The van der Waals surface area contributed by atoms with Gasteiger partial charge in [-0.2, -0.15) is 11.8 Å². The fourth-order valence-electron chi connectivity index (χ4n) is 3.63. The first-order valence-electron chi connectivity index (χ1n) is 8.62. The molecule has 2 unspecified atom stereocenters. The van der Waals surface area contributed by atoms with Crippen molar-refractivity contribution in [1.29, 1.82) is 0 Å². The summed E-state index contributed by atoms with van der Waals surface area (Å²) < 4.78 is 0. The van der Waals surface area contributed by atoms with Gasteiger partial charge in [0.25, 0.3) is 0 Å². The zero-order valence-electron chi connectivity index (χ0n) is 14.0. The SMILES string of the molecule is CCSCCCN1CC(C)(C2CC2)NCC1CC(C)C. The number of hydrogen-bond acceptors (Lipinski definition) is 3. The monoisotopic (exact) mass is 298 g/mol. The van der Waals surface area contributed by atoms with Gasteiger partial charge in [-0.15, -0.1) is 0 Å². The number of nitrogens with zero attached hydrogens (tertiary/aromatic N) is 1. The molecule has 3 heteroatoms. The molecular weight excluding hydrogens is 264 g/mol. The molecule has 1 heterocycles. The first kappa shape index (κ1) is 16.6. The molecule has 2 aliphatic rings. The highest BCUT2D eigenvalue weighted by molar-refractivity contribution is 7.99. The van der Waals surface area contributed by atoms with E-state index in [0.29, 0.717) is 5.54 Å². The zero-order chi connectivity index (χ0) is 14.6. The van der Waals surface area contributed by atoms with E-state index in [4.69, 9.17) is 0 Å². The maximum atomic E-state index is 3.90. The molecule has 20 heavy (non-hydrogen) atoms. The van der Waals surface area contributed by atoms with Crippen LogP contribution in [0.25, 0.3) is 0 Å². The highest BCUT2D eigenvalue weighted by atomic mass is 32.2. The Morgan fingerprint density at radius 1 is 1.35 bits per heavy atom. The van der Waals surface area contributed by atoms with Gasteiger partial charge in [-0.3, -0.25) is 4.90 Å². The van der Waals surface area contributed by atoms with Gasteiger partial charge in [0.05, 0.1) is 0 Å². The molecule has 0 aromatic rings. The van der Waals surface area contributed by atoms with Crippen LogP contribution in [0.4, 0.5) is 0 Å². The van der Waals surface area contributed by atoms with Crippen LogP contribution in [0.3, 0.4) is 0 Å². The normalized spacial score (nSPS) is 31.9. The quantitative estimate of drug-likeness (QED) is 0.689. The molecule has 1 saturated carbocycles. The summed E-state index contributed by atoms with van der Waals surface area (Å²) in [6.07, 6.45) is 5.58. The number of rotatable bonds is 8. The van der Waals surface area contributed by atoms with Crippen LogP contribution in [0.15, 0.2) is 0 Å². The summed E-state index contributed by atoms with van der Waals surface area (Å²) in [6.45, 7) is 13.2. The Morgan fingerprint density at radius 3 is 2.70 bits per heavy atom. The summed E-state index contributed by atoms with van der Waals surface area (Å²) in [5, 5.41) is 3.90. The van der Waals surface area contributed by atoms with E-state index in [9.17, 15) is 0 Å². The van der Waals surface area contributed by atoms with Crippen LogP contribution in [0.5, 0.6) is 0 Å². The van der Waals surface area contributed by atoms with E-state index in [2.05, 4.69) is 49.7 Å². The van der Waals surface area contributed by atoms with E-state index in [1.807, 2.05) is 0 Å². The van der Waals surface area contributed by atoms with Gasteiger partial charge in [-0.25, -0.2) is 0 Å². The van der Waals surface area contributed by atoms with Crippen molar-refractivity contribution in [2.75, 3.05) is 31.1 Å². The number of nitrogens with one attached hydrogen (secondary N) is 1. The third-order valence-corrected chi connectivity index (χ3v) is 5.94. The summed E-state index contributed by atoms with van der Waals surface area (Å²) in [4.78, 5) is 2.81. The average molecular weight is 299 g/mol. The average Bonchev–Trinajstić information content (AvgIpc) is 3.22. The maximum absolute atomic E-state index is 3.90. The van der Waals surface area contributed by atoms with Crippen LogP contribution in [-0.4, -0.2) is 47.6 Å². The highest BCUT2D eigenvalue weighted by Gasteiger charge is 2.45. The highest BCUT2D eigenvalue weighted by Crippen LogP contribution is 2.41. The van der Waals surface area contributed by atoms with E-state index in [1.54, 1.807) is 0 Å². The Kier molecular flexibility index (Phi) is 6.25. The second-order valence-corrected chi connectivity index (χ2v) is 8.77. The van der Waals surface area contributed by atoms with Crippen LogP contribution in [0.1, 0.15) is 53.4 Å². The van der Waals surface area contributed by atoms with Crippen LogP contribution >= 0.6 is 11.8 Å². The third kappa shape index (κ3) is 4.64. The molecule has 2 rings (SSSR count). The van der Waals surface area contributed by atoms with Crippen molar-refractivity contribution >= 4 is 11.8 Å². The Balaban J connectivity index is 1.87. The lowest BCUT2D eigenvalue weighted by Gasteiger charge is -2.47. The van der Waals surface area contributed by atoms with Gasteiger partial charge < -0.3 is 5.32 Å². The van der Waals surface area contributed by atoms with E-state index in [1.165, 1.54) is 56.8 Å². The van der Waals surface area contributed by atoms with Crippen LogP contribution in [-0.2, 0) is 0 Å². The maximum Gasteiger partial charge on any atom is 0.0309 e. The molecule has 0 spiro atoms. The minimum absolute atomic E-state index is 0.394. The summed E-state index contributed by atoms with van der Waals surface area (Å²) in [5.41, 5.74) is 0.394. The van der Waals surface area contributed by atoms with Crippen molar-refractivity contribution in [3.05, 3.63) is 0 Å². The molecule has 0 aromatic heterocycles. The molecule has 0 radical (unpaired) electrons. The molecule has 2 atom stereocenters. The first-order chi connectivity index (χ1) is 9.55. The lowest BCUT2D eigenvalue weighted by atomic mass is 9.88. The largest absolute Gasteiger partial charge is 0.308 e. The topological polar surface area (TPSA) is 15.3 Å². The van der Waals surface area contributed by atoms with Gasteiger partial charge in [-0.05, 0) is 62.5 Å². The molecule has 1 aliphatic heterocycles. The van der Waals surface area contributed by atoms with Gasteiger partial charge in [-0.1, -0.05) is 20.8 Å². The minimum atomic E-state index is 0.394. The van der Waals surface area contributed by atoms with E-state index in [0.717, 1.165) is 17.9 Å². The summed E-state index contributed by atoms with van der Waals surface area (Å²) in [5.74, 6) is 4.33. The Hall–Kier alpha value is 0.270. The van der Waals surface area contributed by atoms with Gasteiger partial charge >= 0.3 is 0 Å². The van der Waals surface area contributed by atoms with E-state index >= 15 is 0 Å². The van der Waals surface area contributed by atoms with Crippen LogP contribution in [0.2, 0.25) is 0 Å². The van der Waals surface area contributed by atoms with Gasteiger partial charge in [0.15, 0.2) is 0 Å². The number of piperazine rings is 1. The first-order valence-corrected chi connectivity index (χ1v) is 9.77. The molecule has 0 aromatic carbocycles.